The van der Waals surface area contributed by atoms with Gasteiger partial charge in [0.25, 0.3) is 0 Å². The van der Waals surface area contributed by atoms with Crippen LogP contribution in [0.25, 0.3) is 0 Å². The molecule has 74 valence electrons. The van der Waals surface area contributed by atoms with Crippen LogP contribution in [0.2, 0.25) is 5.15 Å². The van der Waals surface area contributed by atoms with Crippen LogP contribution in [-0.2, 0) is 12.6 Å². The van der Waals surface area contributed by atoms with E-state index in [0.29, 0.717) is 6.33 Å². The van der Waals surface area contributed by atoms with Crippen molar-refractivity contribution in [3.63, 3.8) is 0 Å². The van der Waals surface area contributed by atoms with Crippen LogP contribution in [-0.4, -0.2) is 9.97 Å². The second kappa shape index (κ2) is 3.80. The minimum Gasteiger partial charge on any atom is -0.231 e. The molecule has 0 aromatic carbocycles. The topological polar surface area (TPSA) is 49.6 Å². The first-order chi connectivity index (χ1) is 6.46. The van der Waals surface area contributed by atoms with Crippen LogP contribution in [0.1, 0.15) is 11.3 Å². The number of nitriles is 1. The Kier molecular flexibility index (Phi) is 2.91. The van der Waals surface area contributed by atoms with Gasteiger partial charge in [-0.2, -0.15) is 18.4 Å². The van der Waals surface area contributed by atoms with Crippen LogP contribution < -0.4 is 0 Å². The highest BCUT2D eigenvalue weighted by atomic mass is 35.5. The average Bonchev–Trinajstić information content (AvgIpc) is 2.07. The Bertz CT molecular complexity index is 383. The Morgan fingerprint density at radius 3 is 2.57 bits per heavy atom. The van der Waals surface area contributed by atoms with Gasteiger partial charge < -0.3 is 0 Å². The lowest BCUT2D eigenvalue weighted by molar-refractivity contribution is -0.141. The summed E-state index contributed by atoms with van der Waals surface area (Å²) in [7, 11) is 0. The summed E-state index contributed by atoms with van der Waals surface area (Å²) in [6.45, 7) is 0. The minimum atomic E-state index is -4.61. The zero-order valence-corrected chi connectivity index (χ0v) is 7.39. The molecule has 0 saturated heterocycles. The average molecular weight is 222 g/mol. The fourth-order valence-corrected chi connectivity index (χ4v) is 1.07. The van der Waals surface area contributed by atoms with Gasteiger partial charge in [0.1, 0.15) is 11.5 Å². The molecule has 1 aromatic rings. The van der Waals surface area contributed by atoms with Gasteiger partial charge in [-0.1, -0.05) is 11.6 Å². The van der Waals surface area contributed by atoms with Gasteiger partial charge in [-0.25, -0.2) is 9.97 Å². The Labute approximate surface area is 82.2 Å². The largest absolute Gasteiger partial charge is 0.433 e. The molecular weight excluding hydrogens is 219 g/mol. The third-order valence-corrected chi connectivity index (χ3v) is 1.74. The molecule has 0 aliphatic rings. The van der Waals surface area contributed by atoms with Crippen LogP contribution >= 0.6 is 11.6 Å². The van der Waals surface area contributed by atoms with Crippen LogP contribution in [0.3, 0.4) is 0 Å². The maximum atomic E-state index is 12.3. The minimum absolute atomic E-state index is 0.339. The number of rotatable bonds is 1. The molecule has 0 radical (unpaired) electrons. The molecule has 1 heterocycles. The maximum absolute atomic E-state index is 12.3. The molecule has 0 atom stereocenters. The molecule has 0 spiro atoms. The molecule has 0 fully saturated rings. The Morgan fingerprint density at radius 1 is 1.43 bits per heavy atom. The second-order valence-electron chi connectivity index (χ2n) is 2.32. The molecule has 0 saturated carbocycles. The first-order valence-electron chi connectivity index (χ1n) is 3.40. The summed E-state index contributed by atoms with van der Waals surface area (Å²) < 4.78 is 36.9. The molecule has 3 nitrogen and oxygen atoms in total. The van der Waals surface area contributed by atoms with E-state index >= 15 is 0 Å². The van der Waals surface area contributed by atoms with Gasteiger partial charge >= 0.3 is 6.18 Å². The predicted molar refractivity (Wildman–Crippen MR) is 41.4 cm³/mol. The number of alkyl halides is 3. The van der Waals surface area contributed by atoms with Crippen molar-refractivity contribution in [3.05, 3.63) is 22.7 Å². The van der Waals surface area contributed by atoms with Crippen LogP contribution in [0, 0.1) is 11.3 Å². The number of aromatic nitrogens is 2. The van der Waals surface area contributed by atoms with Crippen molar-refractivity contribution in [2.45, 2.75) is 12.6 Å². The fourth-order valence-electron chi connectivity index (χ4n) is 0.871. The SMILES string of the molecule is N#CCc1c(Cl)ncnc1C(F)(F)F. The van der Waals surface area contributed by atoms with Gasteiger partial charge in [0.05, 0.1) is 12.5 Å². The summed E-state index contributed by atoms with van der Waals surface area (Å²) >= 11 is 5.41. The summed E-state index contributed by atoms with van der Waals surface area (Å²) in [6, 6.07) is 1.57. The summed E-state index contributed by atoms with van der Waals surface area (Å²) in [6.07, 6.45) is -4.36. The highest BCUT2D eigenvalue weighted by Crippen LogP contribution is 2.32. The van der Waals surface area contributed by atoms with Crippen molar-refractivity contribution in [2.24, 2.45) is 0 Å². The van der Waals surface area contributed by atoms with Crippen LogP contribution in [0.5, 0.6) is 0 Å². The van der Waals surface area contributed by atoms with Crippen LogP contribution in [0.4, 0.5) is 13.2 Å². The van der Waals surface area contributed by atoms with Gasteiger partial charge in [0, 0.05) is 5.56 Å². The predicted octanol–water partition coefficient (Wildman–Crippen LogP) is 2.21. The Balaban J connectivity index is 3.30. The number of nitrogens with zero attached hydrogens (tertiary/aromatic N) is 3. The molecule has 0 N–H and O–H groups in total. The van der Waals surface area contributed by atoms with Crippen molar-refractivity contribution >= 4 is 11.6 Å². The molecule has 0 amide bonds. The van der Waals surface area contributed by atoms with E-state index in [4.69, 9.17) is 16.9 Å². The zero-order chi connectivity index (χ0) is 10.8. The zero-order valence-electron chi connectivity index (χ0n) is 6.64. The van der Waals surface area contributed by atoms with Gasteiger partial charge in [0.2, 0.25) is 0 Å². The standard InChI is InChI=1S/C7H3ClF3N3/c8-6-4(1-2-12)5(7(9,10)11)13-3-14-6/h3H,1H2. The highest BCUT2D eigenvalue weighted by Gasteiger charge is 2.36. The van der Waals surface area contributed by atoms with Crippen molar-refractivity contribution in [1.82, 2.24) is 9.97 Å². The van der Waals surface area contributed by atoms with E-state index in [0.717, 1.165) is 0 Å². The van der Waals surface area contributed by atoms with Crippen molar-refractivity contribution in [2.75, 3.05) is 0 Å². The van der Waals surface area contributed by atoms with Gasteiger partial charge in [-0.3, -0.25) is 0 Å². The number of halogens is 4. The molecular formula is C7H3ClF3N3. The first kappa shape index (κ1) is 10.7. The quantitative estimate of drug-likeness (QED) is 0.683. The molecule has 1 aromatic heterocycles. The lowest BCUT2D eigenvalue weighted by Crippen LogP contribution is -2.12. The van der Waals surface area contributed by atoms with Crippen molar-refractivity contribution in [3.8, 4) is 6.07 Å². The van der Waals surface area contributed by atoms with Crippen molar-refractivity contribution in [1.29, 1.82) is 5.26 Å². The second-order valence-corrected chi connectivity index (χ2v) is 2.68. The number of hydrogen-bond acceptors (Lipinski definition) is 3. The third-order valence-electron chi connectivity index (χ3n) is 1.42. The fraction of sp³-hybridized carbons (Fsp3) is 0.286. The molecule has 0 aliphatic heterocycles. The lowest BCUT2D eigenvalue weighted by Gasteiger charge is -2.09. The maximum Gasteiger partial charge on any atom is 0.433 e. The molecule has 7 heteroatoms. The molecule has 14 heavy (non-hydrogen) atoms. The third kappa shape index (κ3) is 2.12. The van der Waals surface area contributed by atoms with E-state index in [1.165, 1.54) is 0 Å². The van der Waals surface area contributed by atoms with E-state index in [9.17, 15) is 13.2 Å². The lowest BCUT2D eigenvalue weighted by atomic mass is 10.2. The van der Waals surface area contributed by atoms with E-state index in [1.54, 1.807) is 6.07 Å². The number of hydrogen-bond donors (Lipinski definition) is 0. The summed E-state index contributed by atoms with van der Waals surface area (Å²) in [5.41, 5.74) is -1.54. The van der Waals surface area contributed by atoms with Gasteiger partial charge in [-0.15, -0.1) is 0 Å². The summed E-state index contributed by atoms with van der Waals surface area (Å²) in [4.78, 5) is 6.43. The molecule has 0 aliphatic carbocycles. The molecule has 0 bridgehead atoms. The summed E-state index contributed by atoms with van der Waals surface area (Å²) in [5.74, 6) is 0. The smallest absolute Gasteiger partial charge is 0.231 e. The van der Waals surface area contributed by atoms with Crippen molar-refractivity contribution < 1.29 is 13.2 Å². The van der Waals surface area contributed by atoms with E-state index in [1.807, 2.05) is 0 Å². The van der Waals surface area contributed by atoms with Gasteiger partial charge in [-0.05, 0) is 0 Å². The van der Waals surface area contributed by atoms with E-state index in [2.05, 4.69) is 9.97 Å². The summed E-state index contributed by atoms with van der Waals surface area (Å²) in [5, 5.41) is 7.96. The molecule has 0 unspecified atom stereocenters. The first-order valence-corrected chi connectivity index (χ1v) is 3.78. The molecule has 1 rings (SSSR count). The van der Waals surface area contributed by atoms with E-state index in [-0.39, 0.29) is 10.7 Å². The van der Waals surface area contributed by atoms with E-state index < -0.39 is 18.3 Å². The highest BCUT2D eigenvalue weighted by molar-refractivity contribution is 6.30. The Hall–Kier alpha value is -1.35. The Morgan fingerprint density at radius 2 is 2.07 bits per heavy atom. The van der Waals surface area contributed by atoms with Crippen LogP contribution in [0.15, 0.2) is 6.33 Å². The van der Waals surface area contributed by atoms with Gasteiger partial charge in [0.15, 0.2) is 5.69 Å². The normalized spacial score (nSPS) is 11.1. The monoisotopic (exact) mass is 221 g/mol.